The van der Waals surface area contributed by atoms with Gasteiger partial charge in [0, 0.05) is 16.6 Å². The van der Waals surface area contributed by atoms with Crippen LogP contribution in [0.15, 0.2) is 53.0 Å². The zero-order valence-electron chi connectivity index (χ0n) is 14.5. The van der Waals surface area contributed by atoms with Crippen LogP contribution >= 0.6 is 15.9 Å². The van der Waals surface area contributed by atoms with Crippen molar-refractivity contribution < 1.29 is 24.2 Å². The van der Waals surface area contributed by atoms with Crippen LogP contribution in [0, 0.1) is 0 Å². The number of likely N-dealkylation sites (N-methyl/N-ethyl adjacent to an activating group) is 1. The van der Waals surface area contributed by atoms with Crippen LogP contribution in [0.1, 0.15) is 24.1 Å². The fourth-order valence-corrected chi connectivity index (χ4v) is 2.98. The van der Waals surface area contributed by atoms with Crippen LogP contribution in [-0.4, -0.2) is 35.7 Å². The molecule has 0 aromatic heterocycles. The smallest absolute Gasteiger partial charge is 0.411 e. The number of aliphatic carboxylic acids is 1. The minimum absolute atomic E-state index is 0.0712. The number of methoxy groups -OCH3 is 1. The van der Waals surface area contributed by atoms with Crippen molar-refractivity contribution in [2.45, 2.75) is 19.6 Å². The van der Waals surface area contributed by atoms with Crippen molar-refractivity contribution in [3.05, 3.63) is 64.1 Å². The van der Waals surface area contributed by atoms with Gasteiger partial charge in [0.05, 0.1) is 7.11 Å². The van der Waals surface area contributed by atoms with E-state index in [0.717, 1.165) is 5.56 Å². The van der Waals surface area contributed by atoms with Crippen LogP contribution < -0.4 is 4.74 Å². The van der Waals surface area contributed by atoms with Gasteiger partial charge in [-0.05, 0) is 30.7 Å². The number of ether oxygens (including phenoxy) is 2. The molecular weight excluding hydrogens is 402 g/mol. The Morgan fingerprint density at radius 3 is 2.46 bits per heavy atom. The number of nitrogens with zero attached hydrogens (tertiary/aromatic N) is 1. The summed E-state index contributed by atoms with van der Waals surface area (Å²) in [6, 6.07) is 13.0. The molecule has 1 unspecified atom stereocenters. The van der Waals surface area contributed by atoms with Gasteiger partial charge < -0.3 is 14.6 Å². The SMILES string of the molecule is CCN(C(=O)OCc1ccccc1)C(C(=O)O)c1cc(OC)ccc1Br. The van der Waals surface area contributed by atoms with E-state index in [-0.39, 0.29) is 13.2 Å². The molecule has 0 radical (unpaired) electrons. The third-order valence-corrected chi connectivity index (χ3v) is 4.55. The summed E-state index contributed by atoms with van der Waals surface area (Å²) in [5, 5.41) is 9.74. The topological polar surface area (TPSA) is 76.1 Å². The number of hydrogen-bond acceptors (Lipinski definition) is 4. The summed E-state index contributed by atoms with van der Waals surface area (Å²) in [6.45, 7) is 1.95. The van der Waals surface area contributed by atoms with Gasteiger partial charge in [0.25, 0.3) is 0 Å². The highest BCUT2D eigenvalue weighted by molar-refractivity contribution is 9.10. The van der Waals surface area contributed by atoms with Crippen LogP contribution in [-0.2, 0) is 16.1 Å². The van der Waals surface area contributed by atoms with Crippen molar-refractivity contribution in [2.24, 2.45) is 0 Å². The second kappa shape index (κ2) is 9.24. The maximum atomic E-state index is 12.5. The molecule has 2 aromatic rings. The molecule has 0 fully saturated rings. The molecule has 0 heterocycles. The van der Waals surface area contributed by atoms with Gasteiger partial charge >= 0.3 is 12.1 Å². The summed E-state index contributed by atoms with van der Waals surface area (Å²) in [7, 11) is 1.49. The number of carboxylic acids is 1. The van der Waals surface area contributed by atoms with Crippen LogP contribution in [0.4, 0.5) is 4.79 Å². The zero-order chi connectivity index (χ0) is 19.1. The van der Waals surface area contributed by atoms with E-state index in [0.29, 0.717) is 15.8 Å². The molecule has 26 heavy (non-hydrogen) atoms. The summed E-state index contributed by atoms with van der Waals surface area (Å²) in [5.74, 6) is -0.652. The number of amides is 1. The quantitative estimate of drug-likeness (QED) is 0.723. The van der Waals surface area contributed by atoms with Crippen molar-refractivity contribution in [1.29, 1.82) is 0 Å². The van der Waals surface area contributed by atoms with E-state index < -0.39 is 18.1 Å². The number of carboxylic acid groups (broad SMARTS) is 1. The first-order valence-electron chi connectivity index (χ1n) is 8.01. The van der Waals surface area contributed by atoms with Gasteiger partial charge in [0.1, 0.15) is 12.4 Å². The lowest BCUT2D eigenvalue weighted by Gasteiger charge is -2.28. The van der Waals surface area contributed by atoms with E-state index >= 15 is 0 Å². The summed E-state index contributed by atoms with van der Waals surface area (Å²) in [4.78, 5) is 25.6. The standard InChI is InChI=1S/C19H20BrNO5/c1-3-21(19(24)26-12-13-7-5-4-6-8-13)17(18(22)23)15-11-14(25-2)9-10-16(15)20/h4-11,17H,3,12H2,1-2H3,(H,22,23). The van der Waals surface area contributed by atoms with E-state index in [1.165, 1.54) is 12.0 Å². The molecule has 1 N–H and O–H groups in total. The van der Waals surface area contributed by atoms with E-state index in [1.807, 2.05) is 30.3 Å². The predicted molar refractivity (Wildman–Crippen MR) is 100 cm³/mol. The first-order valence-corrected chi connectivity index (χ1v) is 8.80. The Kier molecular flexibility index (Phi) is 7.03. The molecule has 0 aliphatic rings. The summed E-state index contributed by atoms with van der Waals surface area (Å²) in [5.41, 5.74) is 1.24. The maximum absolute atomic E-state index is 12.5. The second-order valence-corrected chi connectivity index (χ2v) is 6.31. The van der Waals surface area contributed by atoms with Crippen molar-refractivity contribution >= 4 is 28.0 Å². The maximum Gasteiger partial charge on any atom is 0.411 e. The third-order valence-electron chi connectivity index (χ3n) is 3.82. The Morgan fingerprint density at radius 1 is 1.19 bits per heavy atom. The number of halogens is 1. The van der Waals surface area contributed by atoms with Crippen molar-refractivity contribution in [1.82, 2.24) is 4.90 Å². The van der Waals surface area contributed by atoms with E-state index in [9.17, 15) is 14.7 Å². The van der Waals surface area contributed by atoms with Crippen LogP contribution in [0.5, 0.6) is 5.75 Å². The third kappa shape index (κ3) is 4.76. The van der Waals surface area contributed by atoms with Crippen molar-refractivity contribution in [2.75, 3.05) is 13.7 Å². The largest absolute Gasteiger partial charge is 0.497 e. The number of carbonyl (C=O) groups excluding carboxylic acids is 1. The molecule has 0 saturated carbocycles. The van der Waals surface area contributed by atoms with E-state index in [2.05, 4.69) is 15.9 Å². The molecule has 1 atom stereocenters. The lowest BCUT2D eigenvalue weighted by Crippen LogP contribution is -2.39. The first-order chi connectivity index (χ1) is 12.5. The molecule has 0 aliphatic carbocycles. The Hall–Kier alpha value is -2.54. The summed E-state index contributed by atoms with van der Waals surface area (Å²) in [6.07, 6.45) is -0.696. The van der Waals surface area contributed by atoms with Gasteiger partial charge in [-0.2, -0.15) is 0 Å². The molecule has 2 rings (SSSR count). The van der Waals surface area contributed by atoms with Crippen molar-refractivity contribution in [3.8, 4) is 5.75 Å². The van der Waals surface area contributed by atoms with Gasteiger partial charge in [-0.1, -0.05) is 46.3 Å². The van der Waals surface area contributed by atoms with Crippen LogP contribution in [0.3, 0.4) is 0 Å². The van der Waals surface area contributed by atoms with Gasteiger partial charge in [-0.3, -0.25) is 4.90 Å². The monoisotopic (exact) mass is 421 g/mol. The average molecular weight is 422 g/mol. The van der Waals surface area contributed by atoms with E-state index in [4.69, 9.17) is 9.47 Å². The zero-order valence-corrected chi connectivity index (χ0v) is 16.1. The fourth-order valence-electron chi connectivity index (χ4n) is 2.51. The second-order valence-electron chi connectivity index (χ2n) is 5.45. The minimum Gasteiger partial charge on any atom is -0.497 e. The van der Waals surface area contributed by atoms with Gasteiger partial charge in [-0.15, -0.1) is 0 Å². The Labute approximate surface area is 160 Å². The number of carbonyl (C=O) groups is 2. The molecule has 0 spiro atoms. The minimum atomic E-state index is -1.20. The Bertz CT molecular complexity index is 766. The van der Waals surface area contributed by atoms with Gasteiger partial charge in [0.15, 0.2) is 6.04 Å². The lowest BCUT2D eigenvalue weighted by atomic mass is 10.1. The highest BCUT2D eigenvalue weighted by Crippen LogP contribution is 2.32. The molecule has 7 heteroatoms. The lowest BCUT2D eigenvalue weighted by molar-refractivity contribution is -0.143. The highest BCUT2D eigenvalue weighted by atomic mass is 79.9. The molecule has 138 valence electrons. The predicted octanol–water partition coefficient (Wildman–Crippen LogP) is 4.24. The molecule has 2 aromatic carbocycles. The molecular formula is C19H20BrNO5. The Balaban J connectivity index is 2.25. The van der Waals surface area contributed by atoms with Gasteiger partial charge in [0.2, 0.25) is 0 Å². The van der Waals surface area contributed by atoms with Crippen LogP contribution in [0.2, 0.25) is 0 Å². The summed E-state index contributed by atoms with van der Waals surface area (Å²) >= 11 is 3.35. The number of benzene rings is 2. The normalized spacial score (nSPS) is 11.5. The Morgan fingerprint density at radius 2 is 1.88 bits per heavy atom. The molecule has 1 amide bonds. The molecule has 0 bridgehead atoms. The fraction of sp³-hybridized carbons (Fsp3) is 0.263. The van der Waals surface area contributed by atoms with E-state index in [1.54, 1.807) is 25.1 Å². The van der Waals surface area contributed by atoms with Crippen molar-refractivity contribution in [3.63, 3.8) is 0 Å². The molecule has 0 saturated heterocycles. The van der Waals surface area contributed by atoms with Gasteiger partial charge in [-0.25, -0.2) is 9.59 Å². The number of rotatable bonds is 7. The highest BCUT2D eigenvalue weighted by Gasteiger charge is 2.33. The van der Waals surface area contributed by atoms with Crippen LogP contribution in [0.25, 0.3) is 0 Å². The molecule has 0 aliphatic heterocycles. The molecule has 6 nitrogen and oxygen atoms in total. The average Bonchev–Trinajstić information content (AvgIpc) is 2.65. The first kappa shape index (κ1) is 19.8. The number of hydrogen-bond donors (Lipinski definition) is 1. The summed E-state index contributed by atoms with van der Waals surface area (Å²) < 4.78 is 11.0.